The zero-order valence-electron chi connectivity index (χ0n) is 15.6. The maximum Gasteiger partial charge on any atom is 0.271 e. The number of carbonyl (C=O) groups excluding carboxylic acids is 1. The second-order valence-electron chi connectivity index (χ2n) is 6.79. The first-order chi connectivity index (χ1) is 13.0. The molecule has 27 heavy (non-hydrogen) atoms. The van der Waals surface area contributed by atoms with Crippen LogP contribution in [0.15, 0.2) is 18.2 Å². The summed E-state index contributed by atoms with van der Waals surface area (Å²) in [5, 5.41) is 13.7. The van der Waals surface area contributed by atoms with Gasteiger partial charge >= 0.3 is 0 Å². The summed E-state index contributed by atoms with van der Waals surface area (Å²) in [6.45, 7) is 4.68. The molecule has 1 atom stereocenters. The molecule has 1 aromatic rings. The fourth-order valence-corrected chi connectivity index (χ4v) is 3.54. The smallest absolute Gasteiger partial charge is 0.271 e. The Morgan fingerprint density at radius 3 is 2.59 bits per heavy atom. The molecular formula is C18H25N3O6. The van der Waals surface area contributed by atoms with Gasteiger partial charge in [-0.05, 0) is 38.9 Å². The number of nitro benzene ring substituents is 1. The van der Waals surface area contributed by atoms with Gasteiger partial charge in [-0.25, -0.2) is 0 Å². The molecule has 2 saturated heterocycles. The Balaban J connectivity index is 1.59. The van der Waals surface area contributed by atoms with Crippen molar-refractivity contribution >= 4 is 17.3 Å². The van der Waals surface area contributed by atoms with Crippen LogP contribution in [0.1, 0.15) is 19.8 Å². The third-order valence-corrected chi connectivity index (χ3v) is 5.19. The van der Waals surface area contributed by atoms with Crippen molar-refractivity contribution in [2.45, 2.75) is 32.1 Å². The molecule has 0 bridgehead atoms. The highest BCUT2D eigenvalue weighted by Crippen LogP contribution is 2.30. The van der Waals surface area contributed by atoms with Gasteiger partial charge in [-0.3, -0.25) is 19.8 Å². The Morgan fingerprint density at radius 2 is 2.00 bits per heavy atom. The van der Waals surface area contributed by atoms with Crippen LogP contribution >= 0.6 is 0 Å². The summed E-state index contributed by atoms with van der Waals surface area (Å²) in [7, 11) is 1.46. The predicted molar refractivity (Wildman–Crippen MR) is 97.7 cm³/mol. The van der Waals surface area contributed by atoms with E-state index in [4.69, 9.17) is 14.2 Å². The normalized spacial score (nSPS) is 20.4. The minimum absolute atomic E-state index is 0.101. The van der Waals surface area contributed by atoms with E-state index in [2.05, 4.69) is 10.2 Å². The summed E-state index contributed by atoms with van der Waals surface area (Å²) in [5.74, 6) is 0.520. The molecular weight excluding hydrogens is 354 g/mol. The number of nitro groups is 1. The van der Waals surface area contributed by atoms with Crippen molar-refractivity contribution in [2.75, 3.05) is 38.7 Å². The summed E-state index contributed by atoms with van der Waals surface area (Å²) in [6.07, 6.45) is 1.69. The zero-order valence-corrected chi connectivity index (χ0v) is 15.6. The van der Waals surface area contributed by atoms with Crippen LogP contribution in [0.3, 0.4) is 0 Å². The Morgan fingerprint density at radius 1 is 1.33 bits per heavy atom. The number of rotatable bonds is 6. The van der Waals surface area contributed by atoms with Gasteiger partial charge in [0.1, 0.15) is 5.75 Å². The summed E-state index contributed by atoms with van der Waals surface area (Å²) in [4.78, 5) is 25.3. The molecule has 1 unspecified atom stereocenters. The number of amides is 1. The molecule has 1 N–H and O–H groups in total. The van der Waals surface area contributed by atoms with Crippen LogP contribution in [-0.2, 0) is 14.3 Å². The number of nitrogens with one attached hydrogen (secondary N) is 1. The molecule has 0 spiro atoms. The van der Waals surface area contributed by atoms with Gasteiger partial charge in [0, 0.05) is 18.1 Å². The second-order valence-corrected chi connectivity index (χ2v) is 6.79. The maximum atomic E-state index is 12.7. The van der Waals surface area contributed by atoms with E-state index in [1.807, 2.05) is 6.92 Å². The van der Waals surface area contributed by atoms with Crippen LogP contribution in [0.2, 0.25) is 0 Å². The van der Waals surface area contributed by atoms with Gasteiger partial charge in [-0.15, -0.1) is 0 Å². The molecule has 2 fully saturated rings. The number of likely N-dealkylation sites (tertiary alicyclic amines) is 1. The van der Waals surface area contributed by atoms with Crippen LogP contribution in [0.25, 0.3) is 0 Å². The SMILES string of the molecule is COc1ccc([N+](=O)[O-])cc1NC(=O)C(C)N1CCC(C2OCCO2)CC1. The van der Waals surface area contributed by atoms with Crippen molar-refractivity contribution < 1.29 is 23.9 Å². The Bertz CT molecular complexity index is 684. The van der Waals surface area contributed by atoms with E-state index in [1.54, 1.807) is 0 Å². The number of nitrogens with zero attached hydrogens (tertiary/aromatic N) is 2. The van der Waals surface area contributed by atoms with Crippen LogP contribution < -0.4 is 10.1 Å². The molecule has 2 heterocycles. The molecule has 0 radical (unpaired) electrons. The van der Waals surface area contributed by atoms with Gasteiger partial charge < -0.3 is 19.5 Å². The molecule has 2 aliphatic rings. The number of methoxy groups -OCH3 is 1. The summed E-state index contributed by atoms with van der Waals surface area (Å²) < 4.78 is 16.4. The van der Waals surface area contributed by atoms with E-state index in [9.17, 15) is 14.9 Å². The van der Waals surface area contributed by atoms with Crippen molar-refractivity contribution in [3.63, 3.8) is 0 Å². The van der Waals surface area contributed by atoms with Crippen LogP contribution in [-0.4, -0.2) is 61.5 Å². The minimum Gasteiger partial charge on any atom is -0.495 e. The van der Waals surface area contributed by atoms with E-state index in [1.165, 1.54) is 25.3 Å². The lowest BCUT2D eigenvalue weighted by Gasteiger charge is -2.36. The van der Waals surface area contributed by atoms with Crippen molar-refractivity contribution in [3.05, 3.63) is 28.3 Å². The number of non-ortho nitro benzene ring substituents is 1. The Hall–Kier alpha value is -2.23. The first-order valence-corrected chi connectivity index (χ1v) is 9.10. The Labute approximate surface area is 157 Å². The molecule has 2 aliphatic heterocycles. The van der Waals surface area contributed by atoms with Gasteiger partial charge in [-0.1, -0.05) is 0 Å². The summed E-state index contributed by atoms with van der Waals surface area (Å²) in [6, 6.07) is 3.77. The lowest BCUT2D eigenvalue weighted by atomic mass is 9.95. The standard InChI is InChI=1S/C18H25N3O6/c1-12(20-7-5-13(6-8-20)18-26-9-10-27-18)17(22)19-15-11-14(21(23)24)3-4-16(15)25-2/h3-4,11-13,18H,5-10H2,1-2H3,(H,19,22). The maximum absolute atomic E-state index is 12.7. The summed E-state index contributed by atoms with van der Waals surface area (Å²) >= 11 is 0. The van der Waals surface area contributed by atoms with Crippen molar-refractivity contribution in [1.82, 2.24) is 4.90 Å². The molecule has 0 aliphatic carbocycles. The van der Waals surface area contributed by atoms with E-state index in [0.29, 0.717) is 30.6 Å². The first-order valence-electron chi connectivity index (χ1n) is 9.10. The molecule has 0 aromatic heterocycles. The number of carbonyl (C=O) groups is 1. The number of piperidine rings is 1. The molecule has 1 amide bonds. The minimum atomic E-state index is -0.504. The summed E-state index contributed by atoms with van der Waals surface area (Å²) in [5.41, 5.74) is 0.197. The highest BCUT2D eigenvalue weighted by atomic mass is 16.7. The van der Waals surface area contributed by atoms with Crippen molar-refractivity contribution in [3.8, 4) is 5.75 Å². The molecule has 0 saturated carbocycles. The van der Waals surface area contributed by atoms with Crippen LogP contribution in [0.4, 0.5) is 11.4 Å². The third-order valence-electron chi connectivity index (χ3n) is 5.19. The number of ether oxygens (including phenoxy) is 3. The predicted octanol–water partition coefficient (Wildman–Crippen LogP) is 2.02. The highest BCUT2D eigenvalue weighted by molar-refractivity contribution is 5.96. The van der Waals surface area contributed by atoms with Crippen molar-refractivity contribution in [1.29, 1.82) is 0 Å². The first kappa shape index (κ1) is 19.5. The molecule has 3 rings (SSSR count). The fraction of sp³-hybridized carbons (Fsp3) is 0.611. The Kier molecular flexibility index (Phi) is 6.25. The largest absolute Gasteiger partial charge is 0.495 e. The van der Waals surface area contributed by atoms with Gasteiger partial charge in [0.25, 0.3) is 5.69 Å². The number of anilines is 1. The highest BCUT2D eigenvalue weighted by Gasteiger charge is 2.33. The van der Waals surface area contributed by atoms with E-state index < -0.39 is 4.92 Å². The lowest BCUT2D eigenvalue weighted by Crippen LogP contribution is -2.47. The average Bonchev–Trinajstić information content (AvgIpc) is 3.22. The van der Waals surface area contributed by atoms with Crippen LogP contribution in [0.5, 0.6) is 5.75 Å². The van der Waals surface area contributed by atoms with Crippen LogP contribution in [0, 0.1) is 16.0 Å². The van der Waals surface area contributed by atoms with Gasteiger partial charge in [0.2, 0.25) is 5.91 Å². The zero-order chi connectivity index (χ0) is 19.4. The number of hydrogen-bond acceptors (Lipinski definition) is 7. The monoisotopic (exact) mass is 379 g/mol. The van der Waals surface area contributed by atoms with Crippen molar-refractivity contribution in [2.24, 2.45) is 5.92 Å². The van der Waals surface area contributed by atoms with E-state index in [0.717, 1.165) is 25.9 Å². The molecule has 1 aromatic carbocycles. The lowest BCUT2D eigenvalue weighted by molar-refractivity contribution is -0.384. The third kappa shape index (κ3) is 4.55. The van der Waals surface area contributed by atoms with E-state index >= 15 is 0 Å². The quantitative estimate of drug-likeness (QED) is 0.596. The molecule has 148 valence electrons. The molecule has 9 nitrogen and oxygen atoms in total. The average molecular weight is 379 g/mol. The van der Waals surface area contributed by atoms with Gasteiger partial charge in [0.05, 0.1) is 37.0 Å². The van der Waals surface area contributed by atoms with Gasteiger partial charge in [0.15, 0.2) is 6.29 Å². The second kappa shape index (κ2) is 8.64. The van der Waals surface area contributed by atoms with E-state index in [-0.39, 0.29) is 23.9 Å². The van der Waals surface area contributed by atoms with Gasteiger partial charge in [-0.2, -0.15) is 0 Å². The molecule has 9 heteroatoms. The fourth-order valence-electron chi connectivity index (χ4n) is 3.54. The number of hydrogen-bond donors (Lipinski definition) is 1. The topological polar surface area (TPSA) is 103 Å². The number of benzene rings is 1.